The molecule has 5 nitrogen and oxygen atoms in total. The molecule has 0 fully saturated rings. The van der Waals surface area contributed by atoms with Crippen molar-refractivity contribution < 1.29 is 14.0 Å². The van der Waals surface area contributed by atoms with Crippen molar-refractivity contribution in [2.45, 2.75) is 6.42 Å². The number of carbonyl (C=O) groups is 2. The number of furan rings is 1. The average Bonchev–Trinajstić information content (AvgIpc) is 2.98. The SMILES string of the molecule is NC(=O)c1cccc(CCNC(=O)c2cc3cc(Br)ccc3o2)c1. The minimum Gasteiger partial charge on any atom is -0.451 e. The van der Waals surface area contributed by atoms with Crippen molar-refractivity contribution in [3.63, 3.8) is 0 Å². The van der Waals surface area contributed by atoms with Gasteiger partial charge < -0.3 is 15.5 Å². The summed E-state index contributed by atoms with van der Waals surface area (Å²) in [4.78, 5) is 23.3. The standard InChI is InChI=1S/C18H15BrN2O3/c19-14-4-5-15-13(9-14)10-16(24-15)18(23)21-7-6-11-2-1-3-12(8-11)17(20)22/h1-5,8-10H,6-7H2,(H2,20,22)(H,21,23). The van der Waals surface area contributed by atoms with Crippen molar-refractivity contribution in [2.24, 2.45) is 5.73 Å². The van der Waals surface area contributed by atoms with Gasteiger partial charge >= 0.3 is 0 Å². The molecule has 3 rings (SSSR count). The molecule has 0 spiro atoms. The van der Waals surface area contributed by atoms with Crippen LogP contribution in [-0.2, 0) is 6.42 Å². The Morgan fingerprint density at radius 2 is 1.96 bits per heavy atom. The summed E-state index contributed by atoms with van der Waals surface area (Å²) < 4.78 is 6.47. The van der Waals surface area contributed by atoms with Gasteiger partial charge in [-0.15, -0.1) is 0 Å². The Kier molecular flexibility index (Phi) is 4.66. The van der Waals surface area contributed by atoms with Crippen molar-refractivity contribution in [2.75, 3.05) is 6.54 Å². The Labute approximate surface area is 147 Å². The quantitative estimate of drug-likeness (QED) is 0.705. The van der Waals surface area contributed by atoms with Crippen molar-refractivity contribution in [1.29, 1.82) is 0 Å². The highest BCUT2D eigenvalue weighted by Crippen LogP contribution is 2.23. The van der Waals surface area contributed by atoms with Crippen LogP contribution in [0.15, 0.2) is 57.4 Å². The molecular formula is C18H15BrN2O3. The molecule has 0 saturated heterocycles. The number of hydrogen-bond donors (Lipinski definition) is 2. The molecule has 1 aromatic heterocycles. The molecule has 24 heavy (non-hydrogen) atoms. The molecule has 0 atom stereocenters. The van der Waals surface area contributed by atoms with Gasteiger partial charge in [-0.3, -0.25) is 9.59 Å². The number of rotatable bonds is 5. The first kappa shape index (κ1) is 16.3. The van der Waals surface area contributed by atoms with Crippen LogP contribution in [0, 0.1) is 0 Å². The number of primary amides is 1. The van der Waals surface area contributed by atoms with Crippen molar-refractivity contribution in [1.82, 2.24) is 5.32 Å². The summed E-state index contributed by atoms with van der Waals surface area (Å²) in [5.74, 6) is -0.461. The minimum absolute atomic E-state index is 0.270. The Hall–Kier alpha value is -2.60. The van der Waals surface area contributed by atoms with Crippen LogP contribution in [-0.4, -0.2) is 18.4 Å². The molecule has 3 N–H and O–H groups in total. The average molecular weight is 387 g/mol. The predicted octanol–water partition coefficient (Wildman–Crippen LogP) is 3.27. The third-order valence-corrected chi connectivity index (χ3v) is 4.11. The van der Waals surface area contributed by atoms with E-state index in [1.54, 1.807) is 24.3 Å². The van der Waals surface area contributed by atoms with Crippen LogP contribution in [0.3, 0.4) is 0 Å². The lowest BCUT2D eigenvalue weighted by atomic mass is 10.1. The van der Waals surface area contributed by atoms with Crippen LogP contribution < -0.4 is 11.1 Å². The molecule has 6 heteroatoms. The monoisotopic (exact) mass is 386 g/mol. The second kappa shape index (κ2) is 6.88. The van der Waals surface area contributed by atoms with E-state index in [0.717, 1.165) is 15.4 Å². The first-order chi connectivity index (χ1) is 11.5. The first-order valence-electron chi connectivity index (χ1n) is 7.39. The second-order valence-corrected chi connectivity index (χ2v) is 6.28. The van der Waals surface area contributed by atoms with Crippen molar-refractivity contribution in [3.05, 3.63) is 69.9 Å². The zero-order valence-corrected chi connectivity index (χ0v) is 14.3. The number of nitrogens with one attached hydrogen (secondary N) is 1. The fourth-order valence-corrected chi connectivity index (χ4v) is 2.79. The van der Waals surface area contributed by atoms with E-state index in [4.69, 9.17) is 10.2 Å². The van der Waals surface area contributed by atoms with Gasteiger partial charge in [-0.2, -0.15) is 0 Å². The summed E-state index contributed by atoms with van der Waals surface area (Å²) in [5.41, 5.74) is 7.31. The number of nitrogens with two attached hydrogens (primary N) is 1. The lowest BCUT2D eigenvalue weighted by Gasteiger charge is -2.04. The molecule has 0 aliphatic carbocycles. The fourth-order valence-electron chi connectivity index (χ4n) is 2.41. The highest BCUT2D eigenvalue weighted by Gasteiger charge is 2.12. The van der Waals surface area contributed by atoms with E-state index >= 15 is 0 Å². The summed E-state index contributed by atoms with van der Waals surface area (Å²) in [7, 11) is 0. The maximum atomic E-state index is 12.2. The zero-order chi connectivity index (χ0) is 17.1. The molecule has 0 aliphatic rings. The normalized spacial score (nSPS) is 10.7. The van der Waals surface area contributed by atoms with Gasteiger partial charge in [-0.25, -0.2) is 0 Å². The van der Waals surface area contributed by atoms with Crippen LogP contribution in [0.2, 0.25) is 0 Å². The molecule has 3 aromatic rings. The molecule has 0 radical (unpaired) electrons. The van der Waals surface area contributed by atoms with Crippen LogP contribution in [0.25, 0.3) is 11.0 Å². The lowest BCUT2D eigenvalue weighted by molar-refractivity contribution is 0.0927. The van der Waals surface area contributed by atoms with Gasteiger partial charge in [0.15, 0.2) is 5.76 Å². The van der Waals surface area contributed by atoms with Crippen molar-refractivity contribution in [3.8, 4) is 0 Å². The summed E-state index contributed by atoms with van der Waals surface area (Å²) in [6, 6.07) is 14.3. The third-order valence-electron chi connectivity index (χ3n) is 3.61. The van der Waals surface area contributed by atoms with Gasteiger partial charge in [-0.1, -0.05) is 28.1 Å². The van der Waals surface area contributed by atoms with Crippen LogP contribution in [0.4, 0.5) is 0 Å². The van der Waals surface area contributed by atoms with E-state index in [1.807, 2.05) is 24.3 Å². The molecule has 0 saturated carbocycles. The van der Waals surface area contributed by atoms with E-state index in [0.29, 0.717) is 24.1 Å². The number of halogens is 1. The maximum absolute atomic E-state index is 12.2. The number of fused-ring (bicyclic) bond motifs is 1. The van der Waals surface area contributed by atoms with Gasteiger partial charge in [0, 0.05) is 22.0 Å². The summed E-state index contributed by atoms with van der Waals surface area (Å²) in [5, 5.41) is 3.68. The van der Waals surface area contributed by atoms with E-state index in [2.05, 4.69) is 21.2 Å². The van der Waals surface area contributed by atoms with Crippen molar-refractivity contribution >= 4 is 38.7 Å². The molecule has 2 aromatic carbocycles. The Morgan fingerprint density at radius 3 is 2.75 bits per heavy atom. The van der Waals surface area contributed by atoms with E-state index in [1.165, 1.54) is 0 Å². The Balaban J connectivity index is 1.62. The number of hydrogen-bond acceptors (Lipinski definition) is 3. The predicted molar refractivity (Wildman–Crippen MR) is 94.9 cm³/mol. The first-order valence-corrected chi connectivity index (χ1v) is 8.18. The second-order valence-electron chi connectivity index (χ2n) is 5.36. The minimum atomic E-state index is -0.464. The lowest BCUT2D eigenvalue weighted by Crippen LogP contribution is -2.25. The highest BCUT2D eigenvalue weighted by molar-refractivity contribution is 9.10. The molecule has 0 unspecified atom stereocenters. The van der Waals surface area contributed by atoms with Gasteiger partial charge in [0.05, 0.1) is 0 Å². The number of carbonyl (C=O) groups excluding carboxylic acids is 2. The molecular weight excluding hydrogens is 372 g/mol. The molecule has 0 bridgehead atoms. The number of benzene rings is 2. The summed E-state index contributed by atoms with van der Waals surface area (Å²) in [6.07, 6.45) is 0.596. The van der Waals surface area contributed by atoms with E-state index < -0.39 is 5.91 Å². The van der Waals surface area contributed by atoms with E-state index in [9.17, 15) is 9.59 Å². The Bertz CT molecular complexity index is 918. The molecule has 2 amide bonds. The van der Waals surface area contributed by atoms with Crippen LogP contribution >= 0.6 is 15.9 Å². The zero-order valence-electron chi connectivity index (χ0n) is 12.7. The van der Waals surface area contributed by atoms with Gasteiger partial charge in [0.1, 0.15) is 5.58 Å². The van der Waals surface area contributed by atoms with Gasteiger partial charge in [0.25, 0.3) is 5.91 Å². The largest absolute Gasteiger partial charge is 0.451 e. The molecule has 0 aliphatic heterocycles. The van der Waals surface area contributed by atoms with E-state index in [-0.39, 0.29) is 11.7 Å². The van der Waals surface area contributed by atoms with Gasteiger partial charge in [0.2, 0.25) is 5.91 Å². The van der Waals surface area contributed by atoms with Crippen LogP contribution in [0.5, 0.6) is 0 Å². The topological polar surface area (TPSA) is 85.3 Å². The summed E-state index contributed by atoms with van der Waals surface area (Å²) >= 11 is 3.39. The third kappa shape index (κ3) is 3.65. The fraction of sp³-hybridized carbons (Fsp3) is 0.111. The molecule has 122 valence electrons. The summed E-state index contributed by atoms with van der Waals surface area (Å²) in [6.45, 7) is 0.432. The highest BCUT2D eigenvalue weighted by atomic mass is 79.9. The van der Waals surface area contributed by atoms with Gasteiger partial charge in [-0.05, 0) is 48.4 Å². The van der Waals surface area contributed by atoms with Crippen LogP contribution in [0.1, 0.15) is 26.5 Å². The smallest absolute Gasteiger partial charge is 0.287 e. The number of amides is 2. The Morgan fingerprint density at radius 1 is 1.12 bits per heavy atom. The molecule has 1 heterocycles. The maximum Gasteiger partial charge on any atom is 0.287 e.